The molecule has 0 atom stereocenters. The van der Waals surface area contributed by atoms with E-state index in [0.717, 1.165) is 0 Å². The molecule has 2 N–H and O–H groups in total. The predicted octanol–water partition coefficient (Wildman–Crippen LogP) is 2.91. The van der Waals surface area contributed by atoms with Gasteiger partial charge in [-0.25, -0.2) is 0 Å². The van der Waals surface area contributed by atoms with Crippen molar-refractivity contribution in [1.29, 1.82) is 0 Å². The van der Waals surface area contributed by atoms with Crippen molar-refractivity contribution in [2.45, 2.75) is 4.84 Å². The lowest BCUT2D eigenvalue weighted by atomic mass is 10.1. The van der Waals surface area contributed by atoms with Crippen molar-refractivity contribution in [2.24, 2.45) is 0 Å². The molecule has 0 aliphatic carbocycles. The minimum absolute atomic E-state index is 0.260. The Hall–Kier alpha value is -0.440. The Morgan fingerprint density at radius 1 is 1.38 bits per heavy atom. The summed E-state index contributed by atoms with van der Waals surface area (Å²) in [5, 5.41) is 0.260. The van der Waals surface area contributed by atoms with E-state index < -0.39 is 10.6 Å². The molecule has 70 valence electrons. The number of carbonyl (C=O) groups excluding carboxylic acids is 1. The molecule has 0 fully saturated rings. The first-order valence-electron chi connectivity index (χ1n) is 3.39. The van der Waals surface area contributed by atoms with E-state index in [0.29, 0.717) is 5.69 Å². The van der Waals surface area contributed by atoms with Crippen LogP contribution in [0.3, 0.4) is 0 Å². The molecule has 0 aliphatic heterocycles. The fourth-order valence-corrected chi connectivity index (χ4v) is 1.37. The highest BCUT2D eigenvalue weighted by molar-refractivity contribution is 6.56. The van der Waals surface area contributed by atoms with Crippen molar-refractivity contribution in [2.75, 3.05) is 5.73 Å². The zero-order chi connectivity index (χ0) is 10.0. The molecule has 0 bridgehead atoms. The van der Waals surface area contributed by atoms with E-state index in [2.05, 4.69) is 0 Å². The molecule has 0 saturated carbocycles. The summed E-state index contributed by atoms with van der Waals surface area (Å²) in [6, 6.07) is 4.54. The maximum absolute atomic E-state index is 11.3. The Kier molecular flexibility index (Phi) is 3.42. The predicted molar refractivity (Wildman–Crippen MR) is 55.7 cm³/mol. The van der Waals surface area contributed by atoms with Crippen molar-refractivity contribution in [3.8, 4) is 0 Å². The van der Waals surface area contributed by atoms with Crippen LogP contribution in [0.2, 0.25) is 5.02 Å². The second-order valence-electron chi connectivity index (χ2n) is 2.40. The lowest BCUT2D eigenvalue weighted by Gasteiger charge is -2.04. The fraction of sp³-hybridized carbons (Fsp3) is 0.125. The van der Waals surface area contributed by atoms with Crippen LogP contribution < -0.4 is 5.73 Å². The van der Waals surface area contributed by atoms with Gasteiger partial charge in [-0.15, -0.1) is 0 Å². The van der Waals surface area contributed by atoms with Crippen LogP contribution in [0, 0.1) is 0 Å². The average molecular weight is 239 g/mol. The number of alkyl halides is 2. The minimum atomic E-state index is -1.10. The third kappa shape index (κ3) is 2.50. The summed E-state index contributed by atoms with van der Waals surface area (Å²) in [6.45, 7) is 0. The quantitative estimate of drug-likeness (QED) is 0.489. The van der Waals surface area contributed by atoms with Gasteiger partial charge in [0, 0.05) is 11.3 Å². The molecule has 0 aromatic heterocycles. The number of anilines is 1. The maximum atomic E-state index is 11.3. The number of halogens is 3. The van der Waals surface area contributed by atoms with Gasteiger partial charge in [-0.1, -0.05) is 34.8 Å². The van der Waals surface area contributed by atoms with Crippen molar-refractivity contribution in [3.63, 3.8) is 0 Å². The zero-order valence-electron chi connectivity index (χ0n) is 6.43. The van der Waals surface area contributed by atoms with E-state index in [4.69, 9.17) is 40.5 Å². The van der Waals surface area contributed by atoms with Gasteiger partial charge in [-0.2, -0.15) is 0 Å². The lowest BCUT2D eigenvalue weighted by Crippen LogP contribution is -2.08. The summed E-state index contributed by atoms with van der Waals surface area (Å²) in [7, 11) is 0. The van der Waals surface area contributed by atoms with E-state index in [9.17, 15) is 4.79 Å². The Morgan fingerprint density at radius 3 is 2.46 bits per heavy atom. The topological polar surface area (TPSA) is 43.1 Å². The molecule has 0 unspecified atom stereocenters. The van der Waals surface area contributed by atoms with Gasteiger partial charge in [0.1, 0.15) is 0 Å². The summed E-state index contributed by atoms with van der Waals surface area (Å²) < 4.78 is 0. The molecule has 0 amide bonds. The second-order valence-corrected chi connectivity index (χ2v) is 3.91. The fourth-order valence-electron chi connectivity index (χ4n) is 0.849. The highest BCUT2D eigenvalue weighted by Crippen LogP contribution is 2.22. The third-order valence-corrected chi connectivity index (χ3v) is 2.17. The molecule has 1 aromatic carbocycles. The molecule has 0 heterocycles. The van der Waals surface area contributed by atoms with Crippen LogP contribution in [0.1, 0.15) is 10.4 Å². The summed E-state index contributed by atoms with van der Waals surface area (Å²) in [5.41, 5.74) is 6.21. The summed E-state index contributed by atoms with van der Waals surface area (Å²) in [6.07, 6.45) is 0. The van der Waals surface area contributed by atoms with Gasteiger partial charge in [0.25, 0.3) is 0 Å². The maximum Gasteiger partial charge on any atom is 0.197 e. The SMILES string of the molecule is Nc1ccc(C(=O)C(Cl)Cl)c(Cl)c1. The van der Waals surface area contributed by atoms with Gasteiger partial charge in [-0.3, -0.25) is 4.79 Å². The Morgan fingerprint density at radius 2 is 2.00 bits per heavy atom. The molecular formula is C8H6Cl3NO. The average Bonchev–Trinajstić information content (AvgIpc) is 2.03. The number of rotatable bonds is 2. The second kappa shape index (κ2) is 4.18. The molecule has 1 rings (SSSR count). The van der Waals surface area contributed by atoms with Crippen LogP contribution in [-0.4, -0.2) is 10.6 Å². The number of nitrogens with two attached hydrogens (primary N) is 1. The van der Waals surface area contributed by atoms with Crippen LogP contribution in [0.4, 0.5) is 5.69 Å². The Labute approximate surface area is 90.6 Å². The summed E-state index contributed by atoms with van der Waals surface area (Å²) >= 11 is 16.6. The Balaban J connectivity index is 3.09. The van der Waals surface area contributed by atoms with Crippen LogP contribution >= 0.6 is 34.8 Å². The highest BCUT2D eigenvalue weighted by Gasteiger charge is 2.16. The van der Waals surface area contributed by atoms with Gasteiger partial charge in [0.15, 0.2) is 10.6 Å². The molecule has 0 radical (unpaired) electrons. The standard InChI is InChI=1S/C8H6Cl3NO/c9-6-3-4(12)1-2-5(6)7(13)8(10)11/h1-3,8H,12H2. The monoisotopic (exact) mass is 237 g/mol. The van der Waals surface area contributed by atoms with E-state index in [1.807, 2.05) is 0 Å². The minimum Gasteiger partial charge on any atom is -0.399 e. The number of carbonyl (C=O) groups is 1. The smallest absolute Gasteiger partial charge is 0.197 e. The number of ketones is 1. The molecule has 0 saturated heterocycles. The molecule has 0 spiro atoms. The van der Waals surface area contributed by atoms with E-state index in [1.165, 1.54) is 12.1 Å². The highest BCUT2D eigenvalue weighted by atomic mass is 35.5. The Bertz CT molecular complexity index is 338. The van der Waals surface area contributed by atoms with Gasteiger partial charge >= 0.3 is 0 Å². The van der Waals surface area contributed by atoms with Crippen LogP contribution in [0.5, 0.6) is 0 Å². The first-order valence-corrected chi connectivity index (χ1v) is 4.65. The van der Waals surface area contributed by atoms with Crippen molar-refractivity contribution >= 4 is 46.3 Å². The van der Waals surface area contributed by atoms with Crippen molar-refractivity contribution in [1.82, 2.24) is 0 Å². The zero-order valence-corrected chi connectivity index (χ0v) is 8.70. The normalized spacial score (nSPS) is 10.5. The summed E-state index contributed by atoms with van der Waals surface area (Å²) in [4.78, 5) is 10.2. The molecule has 0 aliphatic rings. The van der Waals surface area contributed by atoms with Gasteiger partial charge in [0.2, 0.25) is 0 Å². The largest absolute Gasteiger partial charge is 0.399 e. The first-order chi connectivity index (χ1) is 6.02. The molecular weight excluding hydrogens is 232 g/mol. The lowest BCUT2D eigenvalue weighted by molar-refractivity contribution is 0.101. The number of Topliss-reactive ketones (excluding diaryl/α,β-unsaturated/α-hetero) is 1. The molecule has 13 heavy (non-hydrogen) atoms. The molecule has 5 heteroatoms. The first kappa shape index (κ1) is 10.6. The van der Waals surface area contributed by atoms with Crippen molar-refractivity contribution in [3.05, 3.63) is 28.8 Å². The van der Waals surface area contributed by atoms with Crippen LogP contribution in [0.15, 0.2) is 18.2 Å². The summed E-state index contributed by atoms with van der Waals surface area (Å²) in [5.74, 6) is -0.423. The van der Waals surface area contributed by atoms with E-state index in [-0.39, 0.29) is 10.6 Å². The number of hydrogen-bond donors (Lipinski definition) is 1. The van der Waals surface area contributed by atoms with Crippen LogP contribution in [-0.2, 0) is 0 Å². The van der Waals surface area contributed by atoms with Gasteiger partial charge in [-0.05, 0) is 18.2 Å². The number of benzene rings is 1. The van der Waals surface area contributed by atoms with Crippen LogP contribution in [0.25, 0.3) is 0 Å². The van der Waals surface area contributed by atoms with Crippen molar-refractivity contribution < 1.29 is 4.79 Å². The van der Waals surface area contributed by atoms with Gasteiger partial charge < -0.3 is 5.73 Å². The molecule has 1 aromatic rings. The van der Waals surface area contributed by atoms with Gasteiger partial charge in [0.05, 0.1) is 5.02 Å². The number of nitrogen functional groups attached to an aromatic ring is 1. The number of hydrogen-bond acceptors (Lipinski definition) is 2. The van der Waals surface area contributed by atoms with E-state index >= 15 is 0 Å². The van der Waals surface area contributed by atoms with E-state index in [1.54, 1.807) is 6.07 Å². The third-order valence-electron chi connectivity index (χ3n) is 1.46. The molecule has 2 nitrogen and oxygen atoms in total.